The minimum atomic E-state index is -4.41. The topological polar surface area (TPSA) is 59.8 Å². The van der Waals surface area contributed by atoms with Crippen LogP contribution in [-0.2, 0) is 17.5 Å². The van der Waals surface area contributed by atoms with Crippen LogP contribution in [0.15, 0.2) is 36.9 Å². The third-order valence-corrected chi connectivity index (χ3v) is 3.43. The molecule has 0 radical (unpaired) electrons. The molecule has 1 N–H and O–H groups in total. The molecule has 1 heterocycles. The number of rotatable bonds is 6. The van der Waals surface area contributed by atoms with Crippen molar-refractivity contribution in [3.8, 4) is 0 Å². The Morgan fingerprint density at radius 1 is 1.33 bits per heavy atom. The number of aromatic nitrogens is 3. The molecule has 0 fully saturated rings. The second-order valence-electron chi connectivity index (χ2n) is 5.97. The fourth-order valence-electron chi connectivity index (χ4n) is 2.38. The second-order valence-corrected chi connectivity index (χ2v) is 5.97. The number of hydrogen-bond donors (Lipinski definition) is 1. The average Bonchev–Trinajstić information content (AvgIpc) is 2.98. The molecule has 1 atom stereocenters. The van der Waals surface area contributed by atoms with Gasteiger partial charge in [0.05, 0.1) is 11.6 Å². The number of hydrogen-bond acceptors (Lipinski definition) is 3. The zero-order valence-corrected chi connectivity index (χ0v) is 13.4. The second kappa shape index (κ2) is 7.46. The van der Waals surface area contributed by atoms with Crippen LogP contribution in [0.25, 0.3) is 0 Å². The van der Waals surface area contributed by atoms with Crippen LogP contribution in [0, 0.1) is 5.92 Å². The number of amides is 1. The lowest BCUT2D eigenvalue weighted by atomic mass is 9.95. The summed E-state index contributed by atoms with van der Waals surface area (Å²) in [7, 11) is 0. The molecule has 0 bridgehead atoms. The predicted octanol–water partition coefficient (Wildman–Crippen LogP) is 3.20. The molecule has 2 aromatic rings. The first kappa shape index (κ1) is 18.0. The molecule has 0 saturated carbocycles. The number of nitrogens with zero attached hydrogens (tertiary/aromatic N) is 3. The molecule has 0 aliphatic rings. The van der Waals surface area contributed by atoms with Crippen LogP contribution in [0.5, 0.6) is 0 Å². The normalized spacial score (nSPS) is 13.1. The zero-order chi connectivity index (χ0) is 17.7. The van der Waals surface area contributed by atoms with Crippen LogP contribution in [0.3, 0.4) is 0 Å². The van der Waals surface area contributed by atoms with Gasteiger partial charge in [-0.05, 0) is 30.0 Å². The predicted molar refractivity (Wildman–Crippen MR) is 81.8 cm³/mol. The van der Waals surface area contributed by atoms with Gasteiger partial charge in [-0.25, -0.2) is 9.67 Å². The van der Waals surface area contributed by atoms with Gasteiger partial charge in [0.1, 0.15) is 19.2 Å². The molecule has 1 aromatic carbocycles. The molecule has 8 heteroatoms. The van der Waals surface area contributed by atoms with Crippen LogP contribution in [0.1, 0.15) is 37.4 Å². The van der Waals surface area contributed by atoms with E-state index in [1.165, 1.54) is 23.4 Å². The molecule has 2 rings (SSSR count). The zero-order valence-electron chi connectivity index (χ0n) is 13.4. The Bertz CT molecular complexity index is 668. The number of carbonyl (C=O) groups excluding carboxylic acids is 1. The third kappa shape index (κ3) is 5.07. The fraction of sp³-hybridized carbons (Fsp3) is 0.438. The van der Waals surface area contributed by atoms with Crippen LogP contribution >= 0.6 is 0 Å². The van der Waals surface area contributed by atoms with E-state index in [1.807, 2.05) is 13.8 Å². The molecule has 5 nitrogen and oxygen atoms in total. The van der Waals surface area contributed by atoms with E-state index in [4.69, 9.17) is 0 Å². The van der Waals surface area contributed by atoms with E-state index in [1.54, 1.807) is 6.07 Å². The van der Waals surface area contributed by atoms with E-state index in [0.29, 0.717) is 12.0 Å². The van der Waals surface area contributed by atoms with E-state index in [0.717, 1.165) is 12.1 Å². The van der Waals surface area contributed by atoms with E-state index < -0.39 is 17.8 Å². The first-order valence-electron chi connectivity index (χ1n) is 7.54. The molecule has 0 unspecified atom stereocenters. The Hall–Kier alpha value is -2.38. The van der Waals surface area contributed by atoms with Gasteiger partial charge in [0, 0.05) is 0 Å². The van der Waals surface area contributed by atoms with Crippen molar-refractivity contribution in [1.82, 2.24) is 20.1 Å². The number of halogens is 3. The van der Waals surface area contributed by atoms with Crippen molar-refractivity contribution in [2.45, 2.75) is 39.0 Å². The Kier molecular flexibility index (Phi) is 5.58. The van der Waals surface area contributed by atoms with Crippen molar-refractivity contribution in [3.63, 3.8) is 0 Å². The van der Waals surface area contributed by atoms with Crippen molar-refractivity contribution >= 4 is 5.91 Å². The Labute approximate surface area is 137 Å². The van der Waals surface area contributed by atoms with E-state index in [-0.39, 0.29) is 18.4 Å². The van der Waals surface area contributed by atoms with Crippen LogP contribution in [0.4, 0.5) is 13.2 Å². The monoisotopic (exact) mass is 340 g/mol. The Morgan fingerprint density at radius 3 is 2.67 bits per heavy atom. The summed E-state index contributed by atoms with van der Waals surface area (Å²) in [5, 5.41) is 6.63. The Balaban J connectivity index is 2.17. The lowest BCUT2D eigenvalue weighted by Gasteiger charge is -2.22. The SMILES string of the molecule is CC(C)C[C@H](NC(=O)Cn1cncn1)c1cccc(C(F)(F)F)c1. The van der Waals surface area contributed by atoms with Gasteiger partial charge < -0.3 is 5.32 Å². The standard InChI is InChI=1S/C16H19F3N4O/c1-11(2)6-14(22-15(24)8-23-10-20-9-21-23)12-4-3-5-13(7-12)16(17,18)19/h3-5,7,9-11,14H,6,8H2,1-2H3,(H,22,24)/t14-/m0/s1. The highest BCUT2D eigenvalue weighted by Gasteiger charge is 2.31. The maximum Gasteiger partial charge on any atom is 0.416 e. The molecule has 130 valence electrons. The molecule has 0 aliphatic heterocycles. The molecular formula is C16H19F3N4O. The van der Waals surface area contributed by atoms with Crippen LogP contribution in [0.2, 0.25) is 0 Å². The minimum Gasteiger partial charge on any atom is -0.348 e. The van der Waals surface area contributed by atoms with Gasteiger partial charge in [-0.2, -0.15) is 18.3 Å². The summed E-state index contributed by atoms with van der Waals surface area (Å²) >= 11 is 0. The highest BCUT2D eigenvalue weighted by Crippen LogP contribution is 2.32. The van der Waals surface area contributed by atoms with Gasteiger partial charge in [-0.3, -0.25) is 4.79 Å². The van der Waals surface area contributed by atoms with Crippen molar-refractivity contribution < 1.29 is 18.0 Å². The van der Waals surface area contributed by atoms with Crippen LogP contribution < -0.4 is 5.32 Å². The number of nitrogens with one attached hydrogen (secondary N) is 1. The van der Waals surface area contributed by atoms with Crippen molar-refractivity contribution in [3.05, 3.63) is 48.0 Å². The molecule has 0 saturated heterocycles. The Morgan fingerprint density at radius 2 is 2.08 bits per heavy atom. The summed E-state index contributed by atoms with van der Waals surface area (Å²) < 4.78 is 40.1. The quantitative estimate of drug-likeness (QED) is 0.878. The van der Waals surface area contributed by atoms with Gasteiger partial charge in [0.2, 0.25) is 5.91 Å². The summed E-state index contributed by atoms with van der Waals surface area (Å²) in [6.45, 7) is 3.86. The van der Waals surface area contributed by atoms with Crippen molar-refractivity contribution in [1.29, 1.82) is 0 Å². The largest absolute Gasteiger partial charge is 0.416 e. The molecule has 1 aromatic heterocycles. The van der Waals surface area contributed by atoms with Gasteiger partial charge in [0.25, 0.3) is 0 Å². The molecule has 0 aliphatic carbocycles. The number of alkyl halides is 3. The molecule has 0 spiro atoms. The lowest BCUT2D eigenvalue weighted by molar-refractivity contribution is -0.137. The summed E-state index contributed by atoms with van der Waals surface area (Å²) in [4.78, 5) is 15.9. The van der Waals surface area contributed by atoms with Gasteiger partial charge >= 0.3 is 6.18 Å². The van der Waals surface area contributed by atoms with Crippen molar-refractivity contribution in [2.75, 3.05) is 0 Å². The molecular weight excluding hydrogens is 321 g/mol. The number of benzene rings is 1. The minimum absolute atomic E-state index is 0.0342. The van der Waals surface area contributed by atoms with Gasteiger partial charge in [0.15, 0.2) is 0 Å². The highest BCUT2D eigenvalue weighted by atomic mass is 19.4. The summed E-state index contributed by atoms with van der Waals surface area (Å²) in [6.07, 6.45) is -1.17. The average molecular weight is 340 g/mol. The maximum absolute atomic E-state index is 12.9. The van der Waals surface area contributed by atoms with Gasteiger partial charge in [-0.1, -0.05) is 26.0 Å². The molecule has 1 amide bonds. The molecule has 24 heavy (non-hydrogen) atoms. The summed E-state index contributed by atoms with van der Waals surface area (Å²) in [6, 6.07) is 4.56. The smallest absolute Gasteiger partial charge is 0.348 e. The van der Waals surface area contributed by atoms with Gasteiger partial charge in [-0.15, -0.1) is 0 Å². The van der Waals surface area contributed by atoms with E-state index in [9.17, 15) is 18.0 Å². The van der Waals surface area contributed by atoms with Crippen LogP contribution in [-0.4, -0.2) is 20.7 Å². The summed E-state index contributed by atoms with van der Waals surface area (Å²) in [5.41, 5.74) is -0.287. The lowest BCUT2D eigenvalue weighted by Crippen LogP contribution is -2.32. The fourth-order valence-corrected chi connectivity index (χ4v) is 2.38. The summed E-state index contributed by atoms with van der Waals surface area (Å²) in [5.74, 6) is -0.125. The van der Waals surface area contributed by atoms with E-state index in [2.05, 4.69) is 15.4 Å². The number of carbonyl (C=O) groups is 1. The van der Waals surface area contributed by atoms with Crippen molar-refractivity contribution in [2.24, 2.45) is 5.92 Å². The van der Waals surface area contributed by atoms with E-state index >= 15 is 0 Å². The first-order valence-corrected chi connectivity index (χ1v) is 7.54. The highest BCUT2D eigenvalue weighted by molar-refractivity contribution is 5.76. The maximum atomic E-state index is 12.9. The third-order valence-electron chi connectivity index (χ3n) is 3.43. The first-order chi connectivity index (χ1) is 11.3.